The van der Waals surface area contributed by atoms with Gasteiger partial charge in [-0.3, -0.25) is 4.79 Å². The number of rotatable bonds is 6. The second-order valence-corrected chi connectivity index (χ2v) is 5.40. The summed E-state index contributed by atoms with van der Waals surface area (Å²) < 4.78 is 15.7. The minimum atomic E-state index is -0.773. The van der Waals surface area contributed by atoms with Crippen LogP contribution in [0.15, 0.2) is 12.1 Å². The molecule has 1 rings (SSSR count). The van der Waals surface area contributed by atoms with Gasteiger partial charge in [0.15, 0.2) is 11.5 Å². The van der Waals surface area contributed by atoms with Gasteiger partial charge in [-0.1, -0.05) is 11.6 Å². The van der Waals surface area contributed by atoms with E-state index in [-0.39, 0.29) is 19.1 Å². The van der Waals surface area contributed by atoms with Crippen LogP contribution in [0.3, 0.4) is 0 Å². The smallest absolute Gasteiger partial charge is 0.314 e. The maximum Gasteiger partial charge on any atom is 0.314 e. The number of hydrogen-bond acceptors (Lipinski definition) is 5. The molecule has 1 aromatic rings. The lowest BCUT2D eigenvalue weighted by atomic mass is 9.95. The fourth-order valence-corrected chi connectivity index (χ4v) is 1.91. The standard InChI is InChI=1S/C14H20ClNO4/c1-14(2,13(17)19-4)8-20-12-9(7-16)5-10(15)6-11(12)18-3/h5-6H,7-8,16H2,1-4H3. The van der Waals surface area contributed by atoms with Gasteiger partial charge in [-0.05, 0) is 19.9 Å². The first-order chi connectivity index (χ1) is 9.35. The maximum atomic E-state index is 11.6. The lowest BCUT2D eigenvalue weighted by Crippen LogP contribution is -2.32. The topological polar surface area (TPSA) is 70.8 Å². The second-order valence-electron chi connectivity index (χ2n) is 4.96. The molecule has 0 heterocycles. The molecule has 112 valence electrons. The molecule has 0 radical (unpaired) electrons. The predicted molar refractivity (Wildman–Crippen MR) is 77.2 cm³/mol. The van der Waals surface area contributed by atoms with Crippen LogP contribution in [0.5, 0.6) is 11.5 Å². The molecule has 6 heteroatoms. The zero-order chi connectivity index (χ0) is 15.3. The van der Waals surface area contributed by atoms with E-state index in [1.807, 2.05) is 0 Å². The van der Waals surface area contributed by atoms with Crippen LogP contribution >= 0.6 is 11.6 Å². The van der Waals surface area contributed by atoms with E-state index in [0.29, 0.717) is 16.5 Å². The molecule has 5 nitrogen and oxygen atoms in total. The van der Waals surface area contributed by atoms with Crippen LogP contribution in [-0.2, 0) is 16.1 Å². The van der Waals surface area contributed by atoms with Gasteiger partial charge in [-0.25, -0.2) is 0 Å². The first-order valence-electron chi connectivity index (χ1n) is 6.13. The molecule has 2 N–H and O–H groups in total. The molecule has 1 aromatic carbocycles. The minimum absolute atomic E-state index is 0.144. The first kappa shape index (κ1) is 16.6. The normalized spacial score (nSPS) is 11.1. The highest BCUT2D eigenvalue weighted by atomic mass is 35.5. The van der Waals surface area contributed by atoms with Crippen LogP contribution in [0.4, 0.5) is 0 Å². The zero-order valence-electron chi connectivity index (χ0n) is 12.2. The van der Waals surface area contributed by atoms with Crippen LogP contribution in [0.2, 0.25) is 5.02 Å². The molecular weight excluding hydrogens is 282 g/mol. The number of carbonyl (C=O) groups is 1. The number of hydrogen-bond donors (Lipinski definition) is 1. The Kier molecular flexibility index (Phi) is 5.65. The van der Waals surface area contributed by atoms with Crippen molar-refractivity contribution < 1.29 is 19.0 Å². The second kappa shape index (κ2) is 6.81. The Bertz CT molecular complexity index is 463. The Hall–Kier alpha value is -1.46. The zero-order valence-corrected chi connectivity index (χ0v) is 12.9. The molecule has 0 bridgehead atoms. The van der Waals surface area contributed by atoms with Crippen molar-refractivity contribution >= 4 is 17.6 Å². The van der Waals surface area contributed by atoms with Crippen molar-refractivity contribution in [2.24, 2.45) is 11.1 Å². The average molecular weight is 302 g/mol. The van der Waals surface area contributed by atoms with Crippen molar-refractivity contribution in [3.8, 4) is 11.5 Å². The Balaban J connectivity index is 3.00. The van der Waals surface area contributed by atoms with E-state index in [2.05, 4.69) is 0 Å². The minimum Gasteiger partial charge on any atom is -0.493 e. The third-order valence-corrected chi connectivity index (χ3v) is 3.07. The number of carbonyl (C=O) groups excluding carboxylic acids is 1. The van der Waals surface area contributed by atoms with Gasteiger partial charge in [0.25, 0.3) is 0 Å². The van der Waals surface area contributed by atoms with Crippen molar-refractivity contribution in [1.29, 1.82) is 0 Å². The van der Waals surface area contributed by atoms with Gasteiger partial charge >= 0.3 is 5.97 Å². The van der Waals surface area contributed by atoms with Gasteiger partial charge < -0.3 is 19.9 Å². The Morgan fingerprint density at radius 1 is 1.35 bits per heavy atom. The van der Waals surface area contributed by atoms with Crippen LogP contribution in [0.1, 0.15) is 19.4 Å². The highest BCUT2D eigenvalue weighted by Gasteiger charge is 2.30. The molecule has 0 spiro atoms. The largest absolute Gasteiger partial charge is 0.493 e. The summed E-state index contributed by atoms with van der Waals surface area (Å²) in [5.41, 5.74) is 5.63. The van der Waals surface area contributed by atoms with Crippen LogP contribution < -0.4 is 15.2 Å². The fraction of sp³-hybridized carbons (Fsp3) is 0.500. The molecule has 20 heavy (non-hydrogen) atoms. The third-order valence-electron chi connectivity index (χ3n) is 2.85. The Labute approximate surface area is 123 Å². The molecule has 0 atom stereocenters. The summed E-state index contributed by atoms with van der Waals surface area (Å²) in [5, 5.41) is 0.516. The number of benzene rings is 1. The summed E-state index contributed by atoms with van der Waals surface area (Å²) in [6.07, 6.45) is 0. The van der Waals surface area contributed by atoms with E-state index < -0.39 is 5.41 Å². The maximum absolute atomic E-state index is 11.6. The van der Waals surface area contributed by atoms with Crippen LogP contribution in [0, 0.1) is 5.41 Å². The Morgan fingerprint density at radius 3 is 2.50 bits per heavy atom. The molecular formula is C14H20ClNO4. The fourth-order valence-electron chi connectivity index (χ4n) is 1.68. The van der Waals surface area contributed by atoms with E-state index in [9.17, 15) is 4.79 Å². The van der Waals surface area contributed by atoms with Crippen LogP contribution in [0.25, 0.3) is 0 Å². The molecule has 0 fully saturated rings. The number of ether oxygens (including phenoxy) is 3. The monoisotopic (exact) mass is 301 g/mol. The van der Waals surface area contributed by atoms with Gasteiger partial charge in [-0.2, -0.15) is 0 Å². The summed E-state index contributed by atoms with van der Waals surface area (Å²) >= 11 is 5.98. The van der Waals surface area contributed by atoms with E-state index >= 15 is 0 Å². The summed E-state index contributed by atoms with van der Waals surface area (Å²) in [7, 11) is 2.86. The van der Waals surface area contributed by atoms with Gasteiger partial charge in [0.2, 0.25) is 0 Å². The van der Waals surface area contributed by atoms with Crippen molar-refractivity contribution in [1.82, 2.24) is 0 Å². The number of nitrogens with two attached hydrogens (primary N) is 1. The molecule has 0 aliphatic heterocycles. The lowest BCUT2D eigenvalue weighted by Gasteiger charge is -2.23. The van der Waals surface area contributed by atoms with Crippen LogP contribution in [-0.4, -0.2) is 26.8 Å². The molecule has 0 saturated carbocycles. The van der Waals surface area contributed by atoms with E-state index in [0.717, 1.165) is 5.56 Å². The first-order valence-corrected chi connectivity index (χ1v) is 6.51. The third kappa shape index (κ3) is 3.77. The Morgan fingerprint density at radius 2 is 2.00 bits per heavy atom. The average Bonchev–Trinajstić information content (AvgIpc) is 2.43. The molecule has 0 aromatic heterocycles. The molecule has 0 unspecified atom stereocenters. The molecule has 0 aliphatic carbocycles. The van der Waals surface area contributed by atoms with Gasteiger partial charge in [-0.15, -0.1) is 0 Å². The molecule has 0 saturated heterocycles. The number of halogens is 1. The van der Waals surface area contributed by atoms with Gasteiger partial charge in [0.1, 0.15) is 6.61 Å². The predicted octanol–water partition coefficient (Wildman–Crippen LogP) is 2.39. The molecule has 0 amide bonds. The van der Waals surface area contributed by atoms with Crippen molar-refractivity contribution in [2.75, 3.05) is 20.8 Å². The van der Waals surface area contributed by atoms with Crippen molar-refractivity contribution in [3.63, 3.8) is 0 Å². The van der Waals surface area contributed by atoms with E-state index in [1.54, 1.807) is 26.0 Å². The van der Waals surface area contributed by atoms with Gasteiger partial charge in [0, 0.05) is 23.2 Å². The summed E-state index contributed by atoms with van der Waals surface area (Å²) in [6, 6.07) is 3.35. The van der Waals surface area contributed by atoms with Gasteiger partial charge in [0.05, 0.1) is 19.6 Å². The summed E-state index contributed by atoms with van der Waals surface area (Å²) in [4.78, 5) is 11.6. The summed E-state index contributed by atoms with van der Waals surface area (Å²) in [6.45, 7) is 3.88. The number of esters is 1. The molecule has 0 aliphatic rings. The van der Waals surface area contributed by atoms with Crippen molar-refractivity contribution in [3.05, 3.63) is 22.7 Å². The SMILES string of the molecule is COC(=O)C(C)(C)COc1c(CN)cc(Cl)cc1OC. The van der Waals surface area contributed by atoms with E-state index in [1.165, 1.54) is 14.2 Å². The lowest BCUT2D eigenvalue weighted by molar-refractivity contribution is -0.152. The number of methoxy groups -OCH3 is 2. The quantitative estimate of drug-likeness (QED) is 0.817. The highest BCUT2D eigenvalue weighted by Crippen LogP contribution is 2.35. The highest BCUT2D eigenvalue weighted by molar-refractivity contribution is 6.30. The van der Waals surface area contributed by atoms with Crippen molar-refractivity contribution in [2.45, 2.75) is 20.4 Å². The summed E-state index contributed by atoms with van der Waals surface area (Å²) in [5.74, 6) is 0.634. The van der Waals surface area contributed by atoms with E-state index in [4.69, 9.17) is 31.5 Å².